The molecule has 76 valence electrons. The van der Waals surface area contributed by atoms with Crippen LogP contribution in [0.2, 0.25) is 0 Å². The summed E-state index contributed by atoms with van der Waals surface area (Å²) < 4.78 is 0. The Bertz CT molecular complexity index is 149. The predicted molar refractivity (Wildman–Crippen MR) is 55.9 cm³/mol. The molecule has 0 aliphatic carbocycles. The Balaban J connectivity index is 1.71. The molecule has 2 rings (SSSR count). The average molecular weight is 182 g/mol. The highest BCUT2D eigenvalue weighted by molar-refractivity contribution is 4.80. The molecule has 1 N–H and O–H groups in total. The molecule has 2 nitrogen and oxygen atoms in total. The second-order valence-electron chi connectivity index (χ2n) is 4.80. The molecule has 2 heteroatoms. The maximum atomic E-state index is 3.62. The third-order valence-electron chi connectivity index (χ3n) is 3.40. The highest BCUT2D eigenvalue weighted by Crippen LogP contribution is 2.17. The molecule has 2 aliphatic rings. The van der Waals surface area contributed by atoms with Crippen molar-refractivity contribution in [3.63, 3.8) is 0 Å². The fourth-order valence-corrected chi connectivity index (χ4v) is 2.58. The third-order valence-corrected chi connectivity index (χ3v) is 3.40. The van der Waals surface area contributed by atoms with Crippen molar-refractivity contribution in [2.24, 2.45) is 5.92 Å². The molecule has 2 unspecified atom stereocenters. The Kier molecular flexibility index (Phi) is 3.23. The van der Waals surface area contributed by atoms with Crippen LogP contribution in [0.1, 0.15) is 32.6 Å². The topological polar surface area (TPSA) is 15.3 Å². The van der Waals surface area contributed by atoms with E-state index >= 15 is 0 Å². The molecule has 0 amide bonds. The maximum Gasteiger partial charge on any atom is 0.0195 e. The Morgan fingerprint density at radius 2 is 2.23 bits per heavy atom. The number of piperidine rings is 1. The van der Waals surface area contributed by atoms with Gasteiger partial charge in [0.1, 0.15) is 0 Å². The molecule has 2 aliphatic heterocycles. The number of hydrogen-bond acceptors (Lipinski definition) is 2. The van der Waals surface area contributed by atoms with Crippen molar-refractivity contribution in [3.05, 3.63) is 0 Å². The van der Waals surface area contributed by atoms with E-state index in [1.165, 1.54) is 51.9 Å². The lowest BCUT2D eigenvalue weighted by Crippen LogP contribution is -2.42. The summed E-state index contributed by atoms with van der Waals surface area (Å²) in [5.74, 6) is 0.934. The summed E-state index contributed by atoms with van der Waals surface area (Å²) in [7, 11) is 0. The molecule has 2 fully saturated rings. The smallest absolute Gasteiger partial charge is 0.0195 e. The molecule has 0 bridgehead atoms. The van der Waals surface area contributed by atoms with E-state index < -0.39 is 0 Å². The predicted octanol–water partition coefficient (Wildman–Crippen LogP) is 1.47. The summed E-state index contributed by atoms with van der Waals surface area (Å²) in [4.78, 5) is 2.63. The van der Waals surface area contributed by atoms with Crippen LogP contribution in [0.15, 0.2) is 0 Å². The highest BCUT2D eigenvalue weighted by atomic mass is 15.2. The van der Waals surface area contributed by atoms with Crippen molar-refractivity contribution >= 4 is 0 Å². The van der Waals surface area contributed by atoms with Gasteiger partial charge in [0.2, 0.25) is 0 Å². The first-order valence-corrected chi connectivity index (χ1v) is 5.80. The number of nitrogens with one attached hydrogen (secondary N) is 1. The third kappa shape index (κ3) is 2.68. The van der Waals surface area contributed by atoms with Crippen molar-refractivity contribution in [1.82, 2.24) is 10.2 Å². The highest BCUT2D eigenvalue weighted by Gasteiger charge is 2.22. The SMILES string of the molecule is CC1CCN(CC2CCCCN2)C1. The van der Waals surface area contributed by atoms with Gasteiger partial charge in [-0.3, -0.25) is 0 Å². The molecule has 2 saturated heterocycles. The molecule has 2 atom stereocenters. The lowest BCUT2D eigenvalue weighted by atomic mass is 10.0. The van der Waals surface area contributed by atoms with Crippen molar-refractivity contribution in [1.29, 1.82) is 0 Å². The summed E-state index contributed by atoms with van der Waals surface area (Å²) in [6.45, 7) is 7.57. The summed E-state index contributed by atoms with van der Waals surface area (Å²) in [6.07, 6.45) is 5.62. The molecule has 2 heterocycles. The van der Waals surface area contributed by atoms with Gasteiger partial charge in [-0.05, 0) is 38.3 Å². The monoisotopic (exact) mass is 182 g/mol. The Morgan fingerprint density at radius 1 is 1.31 bits per heavy atom. The van der Waals surface area contributed by atoms with Crippen LogP contribution in [0, 0.1) is 5.92 Å². The lowest BCUT2D eigenvalue weighted by molar-refractivity contribution is 0.258. The van der Waals surface area contributed by atoms with Crippen LogP contribution in [0.3, 0.4) is 0 Å². The lowest BCUT2D eigenvalue weighted by Gasteiger charge is -2.27. The van der Waals surface area contributed by atoms with Crippen LogP contribution in [0.25, 0.3) is 0 Å². The first-order chi connectivity index (χ1) is 6.34. The van der Waals surface area contributed by atoms with E-state index in [2.05, 4.69) is 17.1 Å². The minimum Gasteiger partial charge on any atom is -0.313 e. The quantitative estimate of drug-likeness (QED) is 0.695. The van der Waals surface area contributed by atoms with Gasteiger partial charge >= 0.3 is 0 Å². The first-order valence-electron chi connectivity index (χ1n) is 5.80. The minimum absolute atomic E-state index is 0.791. The van der Waals surface area contributed by atoms with Gasteiger partial charge in [0.25, 0.3) is 0 Å². The fraction of sp³-hybridized carbons (Fsp3) is 1.00. The van der Waals surface area contributed by atoms with Crippen LogP contribution < -0.4 is 5.32 Å². The summed E-state index contributed by atoms with van der Waals surface area (Å²) in [5, 5.41) is 3.62. The Labute approximate surface area is 81.7 Å². The molecular formula is C11H22N2. The van der Waals surface area contributed by atoms with Gasteiger partial charge in [-0.2, -0.15) is 0 Å². The van der Waals surface area contributed by atoms with Gasteiger partial charge in [-0.25, -0.2) is 0 Å². The largest absolute Gasteiger partial charge is 0.313 e. The van der Waals surface area contributed by atoms with Gasteiger partial charge in [-0.1, -0.05) is 13.3 Å². The van der Waals surface area contributed by atoms with Gasteiger partial charge in [0.15, 0.2) is 0 Å². The van der Waals surface area contributed by atoms with Crippen LogP contribution >= 0.6 is 0 Å². The number of hydrogen-bond donors (Lipinski definition) is 1. The van der Waals surface area contributed by atoms with Crippen molar-refractivity contribution in [2.45, 2.75) is 38.6 Å². The molecule has 0 spiro atoms. The standard InChI is InChI=1S/C11H22N2/c1-10-5-7-13(8-10)9-11-4-2-3-6-12-11/h10-12H,2-9H2,1H3. The summed E-state index contributed by atoms with van der Waals surface area (Å²) >= 11 is 0. The summed E-state index contributed by atoms with van der Waals surface area (Å²) in [5.41, 5.74) is 0. The number of nitrogens with zero attached hydrogens (tertiary/aromatic N) is 1. The maximum absolute atomic E-state index is 3.62. The molecular weight excluding hydrogens is 160 g/mol. The Hall–Kier alpha value is -0.0800. The van der Waals surface area contributed by atoms with Gasteiger partial charge in [0, 0.05) is 19.1 Å². The molecule has 13 heavy (non-hydrogen) atoms. The Morgan fingerprint density at radius 3 is 2.85 bits per heavy atom. The molecule has 0 aromatic rings. The van der Waals surface area contributed by atoms with Crippen LogP contribution in [0.4, 0.5) is 0 Å². The molecule has 0 aromatic carbocycles. The minimum atomic E-state index is 0.791. The zero-order valence-electron chi connectivity index (χ0n) is 8.76. The second kappa shape index (κ2) is 4.43. The van der Waals surface area contributed by atoms with Gasteiger partial charge in [0.05, 0.1) is 0 Å². The van der Waals surface area contributed by atoms with E-state index in [4.69, 9.17) is 0 Å². The zero-order chi connectivity index (χ0) is 9.10. The molecule has 0 aromatic heterocycles. The van der Waals surface area contributed by atoms with E-state index in [1.54, 1.807) is 0 Å². The second-order valence-corrected chi connectivity index (χ2v) is 4.80. The van der Waals surface area contributed by atoms with E-state index in [0.717, 1.165) is 12.0 Å². The van der Waals surface area contributed by atoms with Crippen molar-refractivity contribution < 1.29 is 0 Å². The van der Waals surface area contributed by atoms with E-state index in [0.29, 0.717) is 0 Å². The van der Waals surface area contributed by atoms with Crippen molar-refractivity contribution in [3.8, 4) is 0 Å². The zero-order valence-corrected chi connectivity index (χ0v) is 8.76. The van der Waals surface area contributed by atoms with E-state index in [9.17, 15) is 0 Å². The van der Waals surface area contributed by atoms with Gasteiger partial charge < -0.3 is 10.2 Å². The van der Waals surface area contributed by atoms with Crippen LogP contribution in [-0.2, 0) is 0 Å². The normalized spacial score (nSPS) is 36.7. The molecule has 0 saturated carbocycles. The fourth-order valence-electron chi connectivity index (χ4n) is 2.58. The van der Waals surface area contributed by atoms with Crippen LogP contribution in [-0.4, -0.2) is 37.1 Å². The molecule has 0 radical (unpaired) electrons. The van der Waals surface area contributed by atoms with Crippen LogP contribution in [0.5, 0.6) is 0 Å². The van der Waals surface area contributed by atoms with Crippen molar-refractivity contribution in [2.75, 3.05) is 26.2 Å². The van der Waals surface area contributed by atoms with Gasteiger partial charge in [-0.15, -0.1) is 0 Å². The van der Waals surface area contributed by atoms with E-state index in [-0.39, 0.29) is 0 Å². The summed E-state index contributed by atoms with van der Waals surface area (Å²) in [6, 6.07) is 0.791. The van der Waals surface area contributed by atoms with E-state index in [1.807, 2.05) is 0 Å². The number of likely N-dealkylation sites (tertiary alicyclic amines) is 1. The average Bonchev–Trinajstić information content (AvgIpc) is 2.53. The number of rotatable bonds is 2. The first kappa shape index (κ1) is 9.47.